The van der Waals surface area contributed by atoms with Crippen LogP contribution in [0.5, 0.6) is 5.75 Å². The second kappa shape index (κ2) is 7.56. The highest BCUT2D eigenvalue weighted by atomic mass is 32.1. The highest BCUT2D eigenvalue weighted by Crippen LogP contribution is 2.33. The molecule has 4 rings (SSSR count). The summed E-state index contributed by atoms with van der Waals surface area (Å²) >= 11 is 1.67. The number of amides is 1. The van der Waals surface area contributed by atoms with Gasteiger partial charge >= 0.3 is 0 Å². The summed E-state index contributed by atoms with van der Waals surface area (Å²) in [4.78, 5) is 19.4. The zero-order valence-electron chi connectivity index (χ0n) is 15.4. The number of anilines is 2. The molecule has 27 heavy (non-hydrogen) atoms. The van der Waals surface area contributed by atoms with E-state index in [2.05, 4.69) is 15.4 Å². The number of hydrogen-bond acceptors (Lipinski definition) is 7. The molecule has 0 saturated carbocycles. The van der Waals surface area contributed by atoms with E-state index in [1.807, 2.05) is 25.1 Å². The highest BCUT2D eigenvalue weighted by molar-refractivity contribution is 7.22. The van der Waals surface area contributed by atoms with Crippen molar-refractivity contribution in [3.63, 3.8) is 0 Å². The first-order valence-corrected chi connectivity index (χ1v) is 9.96. The number of fused-ring (bicyclic) bond motifs is 1. The van der Waals surface area contributed by atoms with Crippen LogP contribution in [0, 0.1) is 12.8 Å². The predicted molar refractivity (Wildman–Crippen MR) is 106 cm³/mol. The maximum absolute atomic E-state index is 12.4. The van der Waals surface area contributed by atoms with Gasteiger partial charge in [0.05, 0.1) is 16.8 Å². The van der Waals surface area contributed by atoms with Gasteiger partial charge in [0.15, 0.2) is 10.9 Å². The molecule has 1 aliphatic heterocycles. The van der Waals surface area contributed by atoms with Crippen LogP contribution in [0.15, 0.2) is 28.8 Å². The van der Waals surface area contributed by atoms with Crippen LogP contribution in [0.1, 0.15) is 25.5 Å². The van der Waals surface area contributed by atoms with Gasteiger partial charge in [-0.05, 0) is 44.9 Å². The van der Waals surface area contributed by atoms with Crippen LogP contribution in [-0.2, 0) is 4.79 Å². The smallest absolute Gasteiger partial charge is 0.228 e. The lowest BCUT2D eigenvalue weighted by molar-refractivity contribution is -0.120. The van der Waals surface area contributed by atoms with E-state index in [9.17, 15) is 4.79 Å². The number of piperidine rings is 1. The van der Waals surface area contributed by atoms with Crippen molar-refractivity contribution in [2.24, 2.45) is 5.92 Å². The largest absolute Gasteiger partial charge is 0.494 e. The SMILES string of the molecule is CCOc1ccc2nc(N3CCC(C(=O)Nc4cc(C)on4)CC3)sc2c1. The zero-order valence-corrected chi connectivity index (χ0v) is 16.2. The molecule has 0 aliphatic carbocycles. The lowest BCUT2D eigenvalue weighted by atomic mass is 9.96. The lowest BCUT2D eigenvalue weighted by Crippen LogP contribution is -2.38. The molecule has 1 N–H and O–H groups in total. The molecule has 1 aliphatic rings. The van der Waals surface area contributed by atoms with Gasteiger partial charge < -0.3 is 19.5 Å². The molecule has 142 valence electrons. The van der Waals surface area contributed by atoms with Crippen LogP contribution >= 0.6 is 11.3 Å². The molecule has 0 unspecified atom stereocenters. The average molecular weight is 386 g/mol. The summed E-state index contributed by atoms with van der Waals surface area (Å²) in [5.41, 5.74) is 0.986. The van der Waals surface area contributed by atoms with Crippen molar-refractivity contribution in [1.82, 2.24) is 10.1 Å². The van der Waals surface area contributed by atoms with Crippen molar-refractivity contribution < 1.29 is 14.1 Å². The number of aromatic nitrogens is 2. The van der Waals surface area contributed by atoms with Gasteiger partial charge in [-0.2, -0.15) is 0 Å². The molecule has 3 aromatic rings. The van der Waals surface area contributed by atoms with E-state index in [1.54, 1.807) is 24.3 Å². The number of nitrogens with zero attached hydrogens (tertiary/aromatic N) is 3. The molecule has 0 spiro atoms. The first kappa shape index (κ1) is 17.8. The third-order valence-corrected chi connectivity index (χ3v) is 5.75. The van der Waals surface area contributed by atoms with Gasteiger partial charge in [-0.3, -0.25) is 4.79 Å². The van der Waals surface area contributed by atoms with Crippen LogP contribution in [0.3, 0.4) is 0 Å². The average Bonchev–Trinajstić information content (AvgIpc) is 3.27. The van der Waals surface area contributed by atoms with Crippen molar-refractivity contribution >= 4 is 38.4 Å². The summed E-state index contributed by atoms with van der Waals surface area (Å²) in [5, 5.41) is 7.66. The van der Waals surface area contributed by atoms with Gasteiger partial charge in [-0.25, -0.2) is 4.98 Å². The second-order valence-corrected chi connectivity index (χ2v) is 7.64. The minimum atomic E-state index is -0.0165. The van der Waals surface area contributed by atoms with Crippen LogP contribution in [0.2, 0.25) is 0 Å². The van der Waals surface area contributed by atoms with Gasteiger partial charge in [0, 0.05) is 25.1 Å². The predicted octanol–water partition coefficient (Wildman–Crippen LogP) is 3.85. The molecule has 1 aromatic carbocycles. The molecule has 0 radical (unpaired) electrons. The van der Waals surface area contributed by atoms with E-state index in [4.69, 9.17) is 14.2 Å². The van der Waals surface area contributed by atoms with E-state index >= 15 is 0 Å². The molecule has 1 fully saturated rings. The van der Waals surface area contributed by atoms with E-state index in [0.29, 0.717) is 18.2 Å². The fourth-order valence-corrected chi connectivity index (χ4v) is 4.32. The Morgan fingerprint density at radius 1 is 1.37 bits per heavy atom. The van der Waals surface area contributed by atoms with Gasteiger partial charge in [0.1, 0.15) is 11.5 Å². The van der Waals surface area contributed by atoms with Crippen LogP contribution in [0.25, 0.3) is 10.2 Å². The molecule has 3 heterocycles. The van der Waals surface area contributed by atoms with E-state index in [-0.39, 0.29) is 11.8 Å². The van der Waals surface area contributed by atoms with Crippen molar-refractivity contribution in [1.29, 1.82) is 0 Å². The quantitative estimate of drug-likeness (QED) is 0.717. The number of aryl methyl sites for hydroxylation is 1. The summed E-state index contributed by atoms with van der Waals surface area (Å²) in [6.45, 7) is 6.06. The van der Waals surface area contributed by atoms with Crippen LogP contribution < -0.4 is 15.0 Å². The second-order valence-electron chi connectivity index (χ2n) is 6.63. The number of nitrogens with one attached hydrogen (secondary N) is 1. The minimum absolute atomic E-state index is 0.00797. The molecular weight excluding hydrogens is 364 g/mol. The number of hydrogen-bond donors (Lipinski definition) is 1. The van der Waals surface area contributed by atoms with Crippen molar-refractivity contribution in [3.8, 4) is 5.75 Å². The number of thiazole rings is 1. The highest BCUT2D eigenvalue weighted by Gasteiger charge is 2.27. The Bertz CT molecular complexity index is 943. The molecule has 7 nitrogen and oxygen atoms in total. The Morgan fingerprint density at radius 2 is 2.19 bits per heavy atom. The zero-order chi connectivity index (χ0) is 18.8. The molecule has 2 aromatic heterocycles. The molecule has 0 bridgehead atoms. The van der Waals surface area contributed by atoms with E-state index in [0.717, 1.165) is 47.0 Å². The van der Waals surface area contributed by atoms with Gasteiger partial charge in [-0.15, -0.1) is 0 Å². The maximum Gasteiger partial charge on any atom is 0.228 e. The summed E-state index contributed by atoms with van der Waals surface area (Å²) in [7, 11) is 0. The Kier molecular flexibility index (Phi) is 4.98. The molecule has 8 heteroatoms. The fourth-order valence-electron chi connectivity index (χ4n) is 3.27. The monoisotopic (exact) mass is 386 g/mol. The van der Waals surface area contributed by atoms with Crippen molar-refractivity contribution in [3.05, 3.63) is 30.0 Å². The van der Waals surface area contributed by atoms with Crippen molar-refractivity contribution in [2.45, 2.75) is 26.7 Å². The normalized spacial score (nSPS) is 15.3. The minimum Gasteiger partial charge on any atom is -0.494 e. The van der Waals surface area contributed by atoms with E-state index in [1.165, 1.54) is 0 Å². The number of carbonyl (C=O) groups excluding carboxylic acids is 1. The Labute approximate surface area is 161 Å². The Morgan fingerprint density at radius 3 is 2.89 bits per heavy atom. The number of rotatable bonds is 5. The third kappa shape index (κ3) is 3.90. The summed E-state index contributed by atoms with van der Waals surface area (Å²) in [5.74, 6) is 2.03. The maximum atomic E-state index is 12.4. The fraction of sp³-hybridized carbons (Fsp3) is 0.421. The first-order valence-electron chi connectivity index (χ1n) is 9.15. The first-order chi connectivity index (χ1) is 13.1. The summed E-state index contributed by atoms with van der Waals surface area (Å²) < 4.78 is 11.7. The molecule has 0 atom stereocenters. The number of ether oxygens (including phenoxy) is 1. The standard InChI is InChI=1S/C19H22N4O3S/c1-3-25-14-4-5-15-16(11-14)27-19(20-15)23-8-6-13(7-9-23)18(24)21-17-10-12(2)26-22-17/h4-5,10-11,13H,3,6-9H2,1-2H3,(H,21,22,24). The van der Waals surface area contributed by atoms with Gasteiger partial charge in [0.2, 0.25) is 5.91 Å². The van der Waals surface area contributed by atoms with E-state index < -0.39 is 0 Å². The van der Waals surface area contributed by atoms with Crippen LogP contribution in [-0.4, -0.2) is 35.7 Å². The van der Waals surface area contributed by atoms with Gasteiger partial charge in [-0.1, -0.05) is 16.5 Å². The Balaban J connectivity index is 1.38. The van der Waals surface area contributed by atoms with Crippen LogP contribution in [0.4, 0.5) is 10.9 Å². The lowest BCUT2D eigenvalue weighted by Gasteiger charge is -2.30. The third-order valence-electron chi connectivity index (χ3n) is 4.68. The topological polar surface area (TPSA) is 80.5 Å². The summed E-state index contributed by atoms with van der Waals surface area (Å²) in [6, 6.07) is 7.72. The Hall–Kier alpha value is -2.61. The number of carbonyl (C=O) groups is 1. The molecular formula is C19H22N4O3S. The molecule has 1 saturated heterocycles. The summed E-state index contributed by atoms with van der Waals surface area (Å²) in [6.07, 6.45) is 1.59. The molecule has 1 amide bonds. The number of benzene rings is 1. The van der Waals surface area contributed by atoms with Crippen molar-refractivity contribution in [2.75, 3.05) is 29.9 Å². The van der Waals surface area contributed by atoms with Gasteiger partial charge in [0.25, 0.3) is 0 Å².